The maximum Gasteiger partial charge on any atom is 0.326 e. The molecule has 1 aromatic carbocycles. The SMILES string of the molecule is NC(=O)CCC(NC(=O)CNC(=O)Nc1ccc(Cl)c(Cl)c1)C(=O)O. The number of nitrogens with two attached hydrogens (primary N) is 1. The first-order valence-electron chi connectivity index (χ1n) is 6.99. The van der Waals surface area contributed by atoms with Gasteiger partial charge in [-0.2, -0.15) is 0 Å². The lowest BCUT2D eigenvalue weighted by atomic mass is 10.1. The molecule has 1 aromatic rings. The molecule has 0 bridgehead atoms. The first kappa shape index (κ1) is 20.5. The van der Waals surface area contributed by atoms with Crippen LogP contribution in [0.5, 0.6) is 0 Å². The zero-order valence-electron chi connectivity index (χ0n) is 12.8. The molecule has 0 spiro atoms. The third-order valence-electron chi connectivity index (χ3n) is 2.90. The minimum Gasteiger partial charge on any atom is -0.480 e. The monoisotopic (exact) mass is 390 g/mol. The van der Waals surface area contributed by atoms with Crippen LogP contribution in [0.3, 0.4) is 0 Å². The fourth-order valence-electron chi connectivity index (χ4n) is 1.70. The van der Waals surface area contributed by atoms with Crippen molar-refractivity contribution in [1.29, 1.82) is 0 Å². The van der Waals surface area contributed by atoms with Gasteiger partial charge in [0.1, 0.15) is 6.04 Å². The lowest BCUT2D eigenvalue weighted by molar-refractivity contribution is -0.142. The number of nitrogens with one attached hydrogen (secondary N) is 3. The summed E-state index contributed by atoms with van der Waals surface area (Å²) in [5.41, 5.74) is 5.29. The van der Waals surface area contributed by atoms with Gasteiger partial charge in [-0.15, -0.1) is 0 Å². The fourth-order valence-corrected chi connectivity index (χ4v) is 2.00. The van der Waals surface area contributed by atoms with Crippen LogP contribution in [0.2, 0.25) is 10.0 Å². The number of carboxylic acids is 1. The molecule has 0 aliphatic carbocycles. The molecule has 0 aliphatic heterocycles. The molecule has 6 N–H and O–H groups in total. The quantitative estimate of drug-likeness (QED) is 0.447. The zero-order chi connectivity index (χ0) is 19.0. The van der Waals surface area contributed by atoms with Crippen LogP contribution in [0.25, 0.3) is 0 Å². The number of halogens is 2. The Morgan fingerprint density at radius 3 is 2.40 bits per heavy atom. The highest BCUT2D eigenvalue weighted by Crippen LogP contribution is 2.24. The number of hydrogen-bond acceptors (Lipinski definition) is 4. The van der Waals surface area contributed by atoms with Crippen LogP contribution in [0.15, 0.2) is 18.2 Å². The molecule has 25 heavy (non-hydrogen) atoms. The fraction of sp³-hybridized carbons (Fsp3) is 0.286. The van der Waals surface area contributed by atoms with Gasteiger partial charge in [0.15, 0.2) is 0 Å². The Balaban J connectivity index is 2.45. The number of anilines is 1. The van der Waals surface area contributed by atoms with E-state index in [4.69, 9.17) is 34.0 Å². The number of aliphatic carboxylic acids is 1. The Bertz CT molecular complexity index is 683. The molecule has 9 nitrogen and oxygen atoms in total. The summed E-state index contributed by atoms with van der Waals surface area (Å²) in [6, 6.07) is 2.45. The zero-order valence-corrected chi connectivity index (χ0v) is 14.4. The highest BCUT2D eigenvalue weighted by atomic mass is 35.5. The van der Waals surface area contributed by atoms with Gasteiger partial charge in [0.2, 0.25) is 11.8 Å². The van der Waals surface area contributed by atoms with Crippen LogP contribution >= 0.6 is 23.2 Å². The van der Waals surface area contributed by atoms with Crippen molar-refractivity contribution in [3.63, 3.8) is 0 Å². The van der Waals surface area contributed by atoms with Gasteiger partial charge in [0.25, 0.3) is 0 Å². The summed E-state index contributed by atoms with van der Waals surface area (Å²) in [6.45, 7) is -0.465. The van der Waals surface area contributed by atoms with Crippen LogP contribution in [-0.2, 0) is 14.4 Å². The molecule has 0 fully saturated rings. The summed E-state index contributed by atoms with van der Waals surface area (Å²) >= 11 is 11.6. The topological polar surface area (TPSA) is 151 Å². The Morgan fingerprint density at radius 1 is 1.16 bits per heavy atom. The van der Waals surface area contributed by atoms with Gasteiger partial charge in [-0.1, -0.05) is 23.2 Å². The molecule has 1 rings (SSSR count). The van der Waals surface area contributed by atoms with E-state index in [1.54, 1.807) is 0 Å². The number of primary amides is 1. The third-order valence-corrected chi connectivity index (χ3v) is 3.64. The lowest BCUT2D eigenvalue weighted by Gasteiger charge is -2.14. The molecular weight excluding hydrogens is 375 g/mol. The smallest absolute Gasteiger partial charge is 0.326 e. The molecule has 0 aliphatic rings. The molecule has 0 saturated heterocycles. The number of carbonyl (C=O) groups excluding carboxylic acids is 3. The van der Waals surface area contributed by atoms with Gasteiger partial charge in [-0.3, -0.25) is 9.59 Å². The van der Waals surface area contributed by atoms with Crippen LogP contribution in [0.4, 0.5) is 10.5 Å². The van der Waals surface area contributed by atoms with E-state index in [-0.39, 0.29) is 17.9 Å². The molecule has 0 heterocycles. The molecule has 0 saturated carbocycles. The summed E-state index contributed by atoms with van der Waals surface area (Å²) in [4.78, 5) is 45.1. The Kier molecular flexibility index (Phi) is 7.96. The summed E-state index contributed by atoms with van der Waals surface area (Å²) in [5, 5.41) is 16.4. The van der Waals surface area contributed by atoms with Crippen molar-refractivity contribution in [3.8, 4) is 0 Å². The molecule has 11 heteroatoms. The van der Waals surface area contributed by atoms with Crippen LogP contribution in [0.1, 0.15) is 12.8 Å². The van der Waals surface area contributed by atoms with Crippen molar-refractivity contribution in [2.45, 2.75) is 18.9 Å². The summed E-state index contributed by atoms with van der Waals surface area (Å²) in [6.07, 6.45) is -0.339. The van der Waals surface area contributed by atoms with Gasteiger partial charge in [0, 0.05) is 12.1 Å². The van der Waals surface area contributed by atoms with Crippen molar-refractivity contribution < 1.29 is 24.3 Å². The van der Waals surface area contributed by atoms with Crippen LogP contribution in [0, 0.1) is 0 Å². The summed E-state index contributed by atoms with van der Waals surface area (Å²) < 4.78 is 0. The van der Waals surface area contributed by atoms with E-state index in [1.807, 2.05) is 0 Å². The highest BCUT2D eigenvalue weighted by Gasteiger charge is 2.20. The second-order valence-corrected chi connectivity index (χ2v) is 5.71. The maximum absolute atomic E-state index is 11.7. The molecule has 136 valence electrons. The van der Waals surface area contributed by atoms with Gasteiger partial charge in [-0.25, -0.2) is 9.59 Å². The minimum atomic E-state index is -1.31. The van der Waals surface area contributed by atoms with E-state index in [1.165, 1.54) is 18.2 Å². The summed E-state index contributed by atoms with van der Waals surface area (Å²) in [5.74, 6) is -2.73. The normalized spacial score (nSPS) is 11.3. The van der Waals surface area contributed by atoms with Crippen molar-refractivity contribution in [1.82, 2.24) is 10.6 Å². The number of hydrogen-bond donors (Lipinski definition) is 5. The molecule has 0 radical (unpaired) electrons. The van der Waals surface area contributed by atoms with Gasteiger partial charge in [0.05, 0.1) is 16.6 Å². The molecule has 1 unspecified atom stereocenters. The van der Waals surface area contributed by atoms with Gasteiger partial charge < -0.3 is 26.8 Å². The molecule has 1 atom stereocenters. The number of amides is 4. The van der Waals surface area contributed by atoms with Crippen LogP contribution < -0.4 is 21.7 Å². The van der Waals surface area contributed by atoms with Crippen molar-refractivity contribution in [3.05, 3.63) is 28.2 Å². The van der Waals surface area contributed by atoms with E-state index in [2.05, 4.69) is 16.0 Å². The molecular formula is C14H16Cl2N4O5. The second-order valence-electron chi connectivity index (χ2n) is 4.90. The van der Waals surface area contributed by atoms with E-state index >= 15 is 0 Å². The average molecular weight is 391 g/mol. The highest BCUT2D eigenvalue weighted by molar-refractivity contribution is 6.42. The number of rotatable bonds is 8. The minimum absolute atomic E-state index is 0.147. The Hall–Kier alpha value is -2.52. The maximum atomic E-state index is 11.7. The third kappa shape index (κ3) is 7.73. The van der Waals surface area contributed by atoms with E-state index in [0.29, 0.717) is 10.7 Å². The summed E-state index contributed by atoms with van der Waals surface area (Å²) in [7, 11) is 0. The van der Waals surface area contributed by atoms with Crippen molar-refractivity contribution >= 4 is 52.7 Å². The first-order valence-corrected chi connectivity index (χ1v) is 7.75. The molecule has 4 amide bonds. The van der Waals surface area contributed by atoms with E-state index in [9.17, 15) is 19.2 Å². The average Bonchev–Trinajstić information content (AvgIpc) is 2.52. The molecule has 0 aromatic heterocycles. The van der Waals surface area contributed by atoms with Gasteiger partial charge in [-0.05, 0) is 24.6 Å². The Morgan fingerprint density at radius 2 is 1.84 bits per heavy atom. The second kappa shape index (κ2) is 9.70. The largest absolute Gasteiger partial charge is 0.480 e. The number of urea groups is 1. The predicted molar refractivity (Wildman–Crippen MR) is 91.5 cm³/mol. The number of benzene rings is 1. The Labute approximate surface area is 152 Å². The number of carboxylic acid groups (broad SMARTS) is 1. The van der Waals surface area contributed by atoms with Crippen LogP contribution in [-0.4, -0.2) is 41.5 Å². The van der Waals surface area contributed by atoms with E-state index in [0.717, 1.165) is 0 Å². The van der Waals surface area contributed by atoms with E-state index < -0.39 is 36.4 Å². The number of carbonyl (C=O) groups is 4. The van der Waals surface area contributed by atoms with Gasteiger partial charge >= 0.3 is 12.0 Å². The standard InChI is InChI=1S/C14H16Cl2N4O5/c15-8-2-1-7(5-9(8)16)19-14(25)18-6-12(22)20-10(13(23)24)3-4-11(17)21/h1-2,5,10H,3-4,6H2,(H2,17,21)(H,20,22)(H,23,24)(H2,18,19,25). The van der Waals surface area contributed by atoms with Crippen molar-refractivity contribution in [2.24, 2.45) is 5.73 Å². The lowest BCUT2D eigenvalue weighted by Crippen LogP contribution is -2.46. The predicted octanol–water partition coefficient (Wildman–Crippen LogP) is 0.950. The van der Waals surface area contributed by atoms with Crippen molar-refractivity contribution in [2.75, 3.05) is 11.9 Å². The first-order chi connectivity index (χ1) is 11.7.